The smallest absolute Gasteiger partial charge is 0.247 e. The maximum absolute atomic E-state index is 14.3. The molecule has 0 bridgehead atoms. The molecule has 31 heavy (non-hydrogen) atoms. The summed E-state index contributed by atoms with van der Waals surface area (Å²) in [5.41, 5.74) is 2.25. The Morgan fingerprint density at radius 1 is 1.19 bits per heavy atom. The summed E-state index contributed by atoms with van der Waals surface area (Å²) in [5, 5.41) is 0.209. The van der Waals surface area contributed by atoms with Gasteiger partial charge in [0.05, 0.1) is 18.1 Å². The van der Waals surface area contributed by atoms with Crippen LogP contribution >= 0.6 is 11.6 Å². The average molecular weight is 464 g/mol. The first kappa shape index (κ1) is 23.5. The topological polar surface area (TPSA) is 54.5 Å². The average Bonchev–Trinajstić information content (AvgIpc) is 3.05. The van der Waals surface area contributed by atoms with Crippen molar-refractivity contribution in [3.05, 3.63) is 76.1 Å². The number of carbonyl (C=O) groups excluding carboxylic acids is 1. The first-order valence-corrected chi connectivity index (χ1v) is 12.4. The third-order valence-electron chi connectivity index (χ3n) is 5.52. The Balaban J connectivity index is 1.84. The minimum Gasteiger partial charge on any atom is -0.331 e. The van der Waals surface area contributed by atoms with Crippen LogP contribution in [0.1, 0.15) is 43.9 Å². The summed E-state index contributed by atoms with van der Waals surface area (Å²) in [4.78, 5) is 14.5. The summed E-state index contributed by atoms with van der Waals surface area (Å²) in [5.74, 6) is -1.00. The van der Waals surface area contributed by atoms with Crippen molar-refractivity contribution in [3.8, 4) is 0 Å². The summed E-state index contributed by atoms with van der Waals surface area (Å²) in [6.07, 6.45) is 3.42. The zero-order chi connectivity index (χ0) is 22.8. The molecule has 3 rings (SSSR count). The molecule has 0 N–H and O–H groups in total. The lowest BCUT2D eigenvalue weighted by atomic mass is 9.87. The van der Waals surface area contributed by atoms with Gasteiger partial charge in [0.15, 0.2) is 9.84 Å². The highest BCUT2D eigenvalue weighted by Crippen LogP contribution is 2.26. The molecule has 1 unspecified atom stereocenters. The SMILES string of the molecule is CC(C)(C)c1ccc(/C=C/C(=O)N(Cc2c(F)cccc2Cl)C2CCS(=O)(=O)C2)cc1. The van der Waals surface area contributed by atoms with E-state index in [9.17, 15) is 17.6 Å². The molecule has 166 valence electrons. The van der Waals surface area contributed by atoms with Crippen molar-refractivity contribution in [2.24, 2.45) is 0 Å². The second-order valence-electron chi connectivity index (χ2n) is 8.93. The van der Waals surface area contributed by atoms with Crippen LogP contribution in [0.15, 0.2) is 48.5 Å². The second kappa shape index (κ2) is 9.13. The molecule has 0 saturated carbocycles. The van der Waals surface area contributed by atoms with Crippen molar-refractivity contribution in [1.82, 2.24) is 4.90 Å². The van der Waals surface area contributed by atoms with Crippen LogP contribution in [0.3, 0.4) is 0 Å². The Kier molecular flexibility index (Phi) is 6.92. The van der Waals surface area contributed by atoms with Crippen LogP contribution in [0.5, 0.6) is 0 Å². The van der Waals surface area contributed by atoms with Crippen molar-refractivity contribution in [2.45, 2.75) is 45.2 Å². The van der Waals surface area contributed by atoms with E-state index in [0.717, 1.165) is 5.56 Å². The van der Waals surface area contributed by atoms with E-state index in [-0.39, 0.29) is 40.0 Å². The lowest BCUT2D eigenvalue weighted by Crippen LogP contribution is -2.40. The number of rotatable bonds is 5. The Morgan fingerprint density at radius 2 is 1.87 bits per heavy atom. The molecule has 1 heterocycles. The van der Waals surface area contributed by atoms with Gasteiger partial charge >= 0.3 is 0 Å². The van der Waals surface area contributed by atoms with Gasteiger partial charge in [-0.1, -0.05) is 62.7 Å². The number of benzene rings is 2. The van der Waals surface area contributed by atoms with Gasteiger partial charge in [-0.3, -0.25) is 4.79 Å². The molecule has 1 amide bonds. The molecule has 1 aliphatic rings. The summed E-state index contributed by atoms with van der Waals surface area (Å²) < 4.78 is 38.3. The monoisotopic (exact) mass is 463 g/mol. The van der Waals surface area contributed by atoms with Crippen molar-refractivity contribution >= 4 is 33.4 Å². The highest BCUT2D eigenvalue weighted by Gasteiger charge is 2.34. The molecule has 1 aliphatic heterocycles. The van der Waals surface area contributed by atoms with Crippen LogP contribution in [0.2, 0.25) is 5.02 Å². The highest BCUT2D eigenvalue weighted by molar-refractivity contribution is 7.91. The molecular formula is C24H27ClFNO3S. The number of amides is 1. The van der Waals surface area contributed by atoms with E-state index < -0.39 is 21.7 Å². The van der Waals surface area contributed by atoms with Crippen LogP contribution in [-0.2, 0) is 26.6 Å². The second-order valence-corrected chi connectivity index (χ2v) is 11.6. The highest BCUT2D eigenvalue weighted by atomic mass is 35.5. The summed E-state index contributed by atoms with van der Waals surface area (Å²) in [7, 11) is -3.22. The number of nitrogens with zero attached hydrogens (tertiary/aromatic N) is 1. The standard InChI is InChI=1S/C24H27ClFNO3S/c1-24(2,3)18-10-7-17(8-11-18)9-12-23(28)27(19-13-14-31(29,30)16-19)15-20-21(25)5-4-6-22(20)26/h4-12,19H,13-16H2,1-3H3/b12-9+. The number of hydrogen-bond acceptors (Lipinski definition) is 3. The van der Waals surface area contributed by atoms with E-state index in [0.29, 0.717) is 6.42 Å². The van der Waals surface area contributed by atoms with Crippen LogP contribution < -0.4 is 0 Å². The molecule has 0 aromatic heterocycles. The van der Waals surface area contributed by atoms with E-state index >= 15 is 0 Å². The van der Waals surface area contributed by atoms with Gasteiger partial charge in [0.1, 0.15) is 5.82 Å². The molecule has 0 spiro atoms. The Bertz CT molecular complexity index is 1070. The summed E-state index contributed by atoms with van der Waals surface area (Å²) >= 11 is 6.15. The van der Waals surface area contributed by atoms with Gasteiger partial charge < -0.3 is 4.90 Å². The molecule has 1 fully saturated rings. The van der Waals surface area contributed by atoms with E-state index in [4.69, 9.17) is 11.6 Å². The molecule has 4 nitrogen and oxygen atoms in total. The minimum atomic E-state index is -3.22. The normalized spacial score (nSPS) is 18.4. The summed E-state index contributed by atoms with van der Waals surface area (Å²) in [6.45, 7) is 6.30. The number of hydrogen-bond donors (Lipinski definition) is 0. The van der Waals surface area contributed by atoms with Crippen molar-refractivity contribution in [1.29, 1.82) is 0 Å². The summed E-state index contributed by atoms with van der Waals surface area (Å²) in [6, 6.07) is 11.7. The van der Waals surface area contributed by atoms with E-state index in [1.807, 2.05) is 24.3 Å². The molecule has 1 saturated heterocycles. The third kappa shape index (κ3) is 5.95. The maximum Gasteiger partial charge on any atom is 0.247 e. The molecule has 2 aromatic rings. The molecular weight excluding hydrogens is 437 g/mol. The lowest BCUT2D eigenvalue weighted by Gasteiger charge is -2.28. The molecule has 0 radical (unpaired) electrons. The predicted molar refractivity (Wildman–Crippen MR) is 123 cm³/mol. The van der Waals surface area contributed by atoms with Gasteiger partial charge in [0, 0.05) is 22.7 Å². The quantitative estimate of drug-likeness (QED) is 0.586. The Morgan fingerprint density at radius 3 is 2.42 bits per heavy atom. The number of sulfone groups is 1. The first-order chi connectivity index (χ1) is 14.5. The fraction of sp³-hybridized carbons (Fsp3) is 0.375. The molecule has 0 aliphatic carbocycles. The first-order valence-electron chi connectivity index (χ1n) is 10.2. The Hall–Kier alpha value is -2.18. The fourth-order valence-electron chi connectivity index (χ4n) is 3.62. The minimum absolute atomic E-state index is 0.0183. The van der Waals surface area contributed by atoms with Crippen LogP contribution in [-0.4, -0.2) is 36.8 Å². The third-order valence-corrected chi connectivity index (χ3v) is 7.62. The fourth-order valence-corrected chi connectivity index (χ4v) is 5.57. The maximum atomic E-state index is 14.3. The van der Waals surface area contributed by atoms with Crippen LogP contribution in [0, 0.1) is 5.82 Å². The van der Waals surface area contributed by atoms with Crippen LogP contribution in [0.4, 0.5) is 4.39 Å². The van der Waals surface area contributed by atoms with E-state index in [1.54, 1.807) is 12.1 Å². The molecule has 7 heteroatoms. The van der Waals surface area contributed by atoms with Gasteiger partial charge in [-0.2, -0.15) is 0 Å². The van der Waals surface area contributed by atoms with Gasteiger partial charge in [-0.15, -0.1) is 0 Å². The lowest BCUT2D eigenvalue weighted by molar-refractivity contribution is -0.128. The van der Waals surface area contributed by atoms with Crippen LogP contribution in [0.25, 0.3) is 6.08 Å². The molecule has 1 atom stereocenters. The molecule has 2 aromatic carbocycles. The van der Waals surface area contributed by atoms with Gasteiger partial charge in [0.2, 0.25) is 5.91 Å². The number of halogens is 2. The van der Waals surface area contributed by atoms with E-state index in [2.05, 4.69) is 20.8 Å². The van der Waals surface area contributed by atoms with Gasteiger partial charge in [-0.25, -0.2) is 12.8 Å². The Labute approximate surface area is 188 Å². The van der Waals surface area contributed by atoms with Crippen molar-refractivity contribution in [2.75, 3.05) is 11.5 Å². The van der Waals surface area contributed by atoms with Crippen molar-refractivity contribution < 1.29 is 17.6 Å². The largest absolute Gasteiger partial charge is 0.331 e. The van der Waals surface area contributed by atoms with Crippen molar-refractivity contribution in [3.63, 3.8) is 0 Å². The zero-order valence-electron chi connectivity index (χ0n) is 17.9. The predicted octanol–water partition coefficient (Wildman–Crippen LogP) is 5.01. The van der Waals surface area contributed by atoms with E-state index in [1.165, 1.54) is 28.7 Å². The number of carbonyl (C=O) groups is 1. The van der Waals surface area contributed by atoms with Gasteiger partial charge in [-0.05, 0) is 41.2 Å². The zero-order valence-corrected chi connectivity index (χ0v) is 19.5. The van der Waals surface area contributed by atoms with Gasteiger partial charge in [0.25, 0.3) is 0 Å².